The van der Waals surface area contributed by atoms with E-state index in [-0.39, 0.29) is 32.5 Å². The van der Waals surface area contributed by atoms with Crippen molar-refractivity contribution >= 4 is 145 Å². The predicted octanol–water partition coefficient (Wildman–Crippen LogP) is 20.5. The Hall–Kier alpha value is -3.24. The molecule has 0 bridgehead atoms. The summed E-state index contributed by atoms with van der Waals surface area (Å²) >= 11 is 12.9. The zero-order valence-corrected chi connectivity index (χ0v) is 45.6. The number of halogens is 3. The molecule has 0 radical (unpaired) electrons. The van der Waals surface area contributed by atoms with E-state index in [1.54, 1.807) is 0 Å². The van der Waals surface area contributed by atoms with E-state index in [9.17, 15) is 0 Å². The first-order valence-electron chi connectivity index (χ1n) is 23.0. The molecule has 3 heteroatoms. The lowest BCUT2D eigenvalue weighted by molar-refractivity contribution is 0.587. The Kier molecular flexibility index (Phi) is 9.01. The fourth-order valence-electron chi connectivity index (χ4n) is 11.1. The number of hydrogen-bond acceptors (Lipinski definition) is 0. The molecule has 0 aromatic heterocycles. The van der Waals surface area contributed by atoms with Crippen LogP contribution in [0.2, 0.25) is 0 Å². The molecule has 0 saturated carbocycles. The van der Waals surface area contributed by atoms with Crippen LogP contribution < -0.4 is 0 Å². The summed E-state index contributed by atoms with van der Waals surface area (Å²) in [4.78, 5) is 0. The second-order valence-electron chi connectivity index (χ2n) is 25.4. The maximum atomic E-state index is 4.30. The van der Waals surface area contributed by atoms with Crippen molar-refractivity contribution in [1.29, 1.82) is 0 Å². The third-order valence-corrected chi connectivity index (χ3v) is 17.2. The van der Waals surface area contributed by atoms with Crippen LogP contribution in [0.15, 0.2) is 68.0 Å². The van der Waals surface area contributed by atoms with Gasteiger partial charge in [0.15, 0.2) is 0 Å². The van der Waals surface area contributed by atoms with Gasteiger partial charge in [-0.3, -0.25) is 0 Å². The third kappa shape index (κ3) is 6.06. The van der Waals surface area contributed by atoms with Gasteiger partial charge in [-0.15, -0.1) is 0 Å². The van der Waals surface area contributed by atoms with Gasteiger partial charge < -0.3 is 0 Å². The fraction of sp³-hybridized carbons (Fsp3) is 0.400. The monoisotopic (exact) mass is 1020 g/mol. The fourth-order valence-corrected chi connectivity index (χ4v) is 14.1. The van der Waals surface area contributed by atoms with Crippen LogP contribution in [0.5, 0.6) is 0 Å². The minimum absolute atomic E-state index is 0.0569. The Labute approximate surface area is 400 Å². The summed E-state index contributed by atoms with van der Waals surface area (Å²) in [6.45, 7) is 42.7. The summed E-state index contributed by atoms with van der Waals surface area (Å²) in [6.07, 6.45) is 0. The molecule has 0 spiro atoms. The Morgan fingerprint density at radius 1 is 0.222 bits per heavy atom. The molecule has 0 amide bonds. The highest BCUT2D eigenvalue weighted by atomic mass is 79.9. The lowest BCUT2D eigenvalue weighted by Gasteiger charge is -2.24. The van der Waals surface area contributed by atoms with Crippen LogP contribution in [0.4, 0.5) is 0 Å². The smallest absolute Gasteiger partial charge is 0.0291 e. The van der Waals surface area contributed by atoms with Crippen molar-refractivity contribution in [2.75, 3.05) is 0 Å². The molecule has 10 aromatic rings. The Morgan fingerprint density at radius 2 is 0.397 bits per heavy atom. The quantitative estimate of drug-likeness (QED) is 0.142. The molecule has 0 fully saturated rings. The van der Waals surface area contributed by atoms with Crippen molar-refractivity contribution < 1.29 is 0 Å². The molecule has 0 aliphatic rings. The number of rotatable bonds is 0. The van der Waals surface area contributed by atoms with E-state index in [2.05, 4.69) is 227 Å². The summed E-state index contributed by atoms with van der Waals surface area (Å²) in [7, 11) is 0. The van der Waals surface area contributed by atoms with Crippen LogP contribution in [0.25, 0.3) is 97.0 Å². The normalized spacial score (nSPS) is 14.4. The van der Waals surface area contributed by atoms with E-state index < -0.39 is 0 Å². The molecule has 0 atom stereocenters. The lowest BCUT2D eigenvalue weighted by Crippen LogP contribution is -2.13. The molecule has 10 aromatic carbocycles. The summed E-state index contributed by atoms with van der Waals surface area (Å²) < 4.78 is 3.67. The molecule has 0 heterocycles. The van der Waals surface area contributed by atoms with Gasteiger partial charge in [0.2, 0.25) is 0 Å². The van der Waals surface area contributed by atoms with E-state index >= 15 is 0 Å². The zero-order valence-electron chi connectivity index (χ0n) is 40.8. The van der Waals surface area contributed by atoms with Crippen LogP contribution in [0, 0.1) is 0 Å². The van der Waals surface area contributed by atoms with Gasteiger partial charge in [0.25, 0.3) is 0 Å². The first kappa shape index (κ1) is 43.6. The van der Waals surface area contributed by atoms with E-state index in [0.29, 0.717) is 0 Å². The van der Waals surface area contributed by atoms with Crippen molar-refractivity contribution in [1.82, 2.24) is 0 Å². The minimum atomic E-state index is -0.0853. The Bertz CT molecular complexity index is 3120. The van der Waals surface area contributed by atoms with E-state index in [0.717, 1.165) is 0 Å². The summed E-state index contributed by atoms with van der Waals surface area (Å²) in [5.41, 5.74) is 7.73. The van der Waals surface area contributed by atoms with Crippen molar-refractivity contribution in [2.45, 2.75) is 157 Å². The number of benzene rings is 7. The van der Waals surface area contributed by atoms with Crippen molar-refractivity contribution in [2.24, 2.45) is 0 Å². The molecule has 0 N–H and O–H groups in total. The topological polar surface area (TPSA) is 0 Å². The molecule has 324 valence electrons. The summed E-state index contributed by atoms with van der Waals surface area (Å²) in [6, 6.07) is 23.0. The zero-order chi connectivity index (χ0) is 46.0. The van der Waals surface area contributed by atoms with Gasteiger partial charge in [-0.1, -0.05) is 125 Å². The first-order chi connectivity index (χ1) is 28.8. The van der Waals surface area contributed by atoms with E-state index in [1.165, 1.54) is 144 Å². The molecular formula is C60H63Br3. The SMILES string of the molecule is CC(C)(C)c1cc2c(Br)c(C(C)(C)C)cc3c2c(c1)c1c2c4cc(C(C)(C)C)c(Br)c5cc(C(C)(C)C)cc(c54)c2c2c4cc(C(C)(C)C)c(Br)c5cc(C(C)(C)C)cc(c54)c2c31. The molecule has 0 unspecified atom stereocenters. The Balaban J connectivity index is 1.69. The number of fused-ring (bicyclic) bond motifs is 12. The summed E-state index contributed by atoms with van der Waals surface area (Å²) in [5, 5.41) is 24.7. The standard InChI is InChI=1S/C60H63Br3/c1-55(2,3)28-19-31-43-34(25-40(58(10,11)12)52(61)37(43)22-28)49-46(31)50-35-26-41(59(13,14)15)53(62)38-23-29(56(4,5)6)20-32(44(35)38)48(50)51-36-27-42(60(16,17)18)54(63)39-24-30(57(7,8)9)21-33(45(36)39)47(49)51/h19-27H,1-18H3. The average Bonchev–Trinajstić information content (AvgIpc) is 3.76. The average molecular weight is 1020 g/mol. The molecule has 63 heavy (non-hydrogen) atoms. The largest absolute Gasteiger partial charge is 0.0561 e. The summed E-state index contributed by atoms with van der Waals surface area (Å²) in [5.74, 6) is 0. The van der Waals surface area contributed by atoms with Crippen LogP contribution in [-0.4, -0.2) is 0 Å². The molecule has 0 saturated heterocycles. The van der Waals surface area contributed by atoms with E-state index in [1.807, 2.05) is 0 Å². The second-order valence-corrected chi connectivity index (χ2v) is 27.8. The van der Waals surface area contributed by atoms with Gasteiger partial charge in [-0.2, -0.15) is 0 Å². The van der Waals surface area contributed by atoms with Gasteiger partial charge in [0, 0.05) is 13.4 Å². The lowest BCUT2D eigenvalue weighted by atomic mass is 9.82. The highest BCUT2D eigenvalue weighted by molar-refractivity contribution is 9.11. The highest BCUT2D eigenvalue weighted by Gasteiger charge is 2.34. The van der Waals surface area contributed by atoms with Gasteiger partial charge in [-0.25, -0.2) is 0 Å². The van der Waals surface area contributed by atoms with Gasteiger partial charge in [-0.05, 0) is 265 Å². The van der Waals surface area contributed by atoms with Crippen LogP contribution in [0.1, 0.15) is 158 Å². The minimum Gasteiger partial charge on any atom is -0.0561 e. The van der Waals surface area contributed by atoms with Crippen LogP contribution >= 0.6 is 47.8 Å². The molecule has 0 nitrogen and oxygen atoms in total. The molecule has 0 aliphatic heterocycles. The van der Waals surface area contributed by atoms with Crippen LogP contribution in [0.3, 0.4) is 0 Å². The highest BCUT2D eigenvalue weighted by Crippen LogP contribution is 2.59. The van der Waals surface area contributed by atoms with Crippen molar-refractivity contribution in [3.05, 3.63) is 101 Å². The number of hydrogen-bond donors (Lipinski definition) is 0. The molecular weight excluding hydrogens is 960 g/mol. The third-order valence-electron chi connectivity index (χ3n) is 14.6. The Morgan fingerprint density at radius 3 is 0.571 bits per heavy atom. The molecule has 10 rings (SSSR count). The van der Waals surface area contributed by atoms with Crippen molar-refractivity contribution in [3.63, 3.8) is 0 Å². The van der Waals surface area contributed by atoms with Gasteiger partial charge in [0.1, 0.15) is 0 Å². The first-order valence-corrected chi connectivity index (χ1v) is 25.4. The predicted molar refractivity (Wildman–Crippen MR) is 293 cm³/mol. The van der Waals surface area contributed by atoms with Crippen molar-refractivity contribution in [3.8, 4) is 0 Å². The van der Waals surface area contributed by atoms with E-state index in [4.69, 9.17) is 0 Å². The molecule has 0 aliphatic carbocycles. The van der Waals surface area contributed by atoms with Crippen LogP contribution in [-0.2, 0) is 32.5 Å². The van der Waals surface area contributed by atoms with Gasteiger partial charge in [0.05, 0.1) is 0 Å². The maximum Gasteiger partial charge on any atom is 0.0291 e. The maximum absolute atomic E-state index is 4.30. The van der Waals surface area contributed by atoms with Gasteiger partial charge >= 0.3 is 0 Å². The second kappa shape index (κ2) is 13.0.